The van der Waals surface area contributed by atoms with Gasteiger partial charge in [-0.25, -0.2) is 0 Å². The lowest BCUT2D eigenvalue weighted by Crippen LogP contribution is -2.54. The van der Waals surface area contributed by atoms with Crippen LogP contribution in [0.25, 0.3) is 0 Å². The van der Waals surface area contributed by atoms with E-state index >= 15 is 0 Å². The number of nitrogens with one attached hydrogen (secondary N) is 1. The van der Waals surface area contributed by atoms with Gasteiger partial charge in [0.25, 0.3) is 0 Å². The summed E-state index contributed by atoms with van der Waals surface area (Å²) in [4.78, 5) is 25.6. The van der Waals surface area contributed by atoms with E-state index in [9.17, 15) is 9.59 Å². The first-order valence-corrected chi connectivity index (χ1v) is 7.84. The molecule has 112 valence electrons. The zero-order chi connectivity index (χ0) is 14.3. The quantitative estimate of drug-likeness (QED) is 0.772. The normalized spacial score (nSPS) is 40.8. The summed E-state index contributed by atoms with van der Waals surface area (Å²) in [6.45, 7) is 0.562. The minimum absolute atomic E-state index is 0.0695. The van der Waals surface area contributed by atoms with Crippen LogP contribution < -0.4 is 11.1 Å². The highest BCUT2D eigenvalue weighted by Crippen LogP contribution is 2.39. The molecule has 5 nitrogen and oxygen atoms in total. The molecule has 0 spiro atoms. The topological polar surface area (TPSA) is 75.4 Å². The van der Waals surface area contributed by atoms with Crippen molar-refractivity contribution >= 4 is 11.8 Å². The minimum Gasteiger partial charge on any atom is -0.353 e. The summed E-state index contributed by atoms with van der Waals surface area (Å²) in [5, 5.41) is 3.25. The number of carbonyl (C=O) groups excluding carboxylic acids is 2. The second-order valence-corrected chi connectivity index (χ2v) is 6.89. The molecule has 2 aliphatic carbocycles. The highest BCUT2D eigenvalue weighted by molar-refractivity contribution is 5.89. The summed E-state index contributed by atoms with van der Waals surface area (Å²) >= 11 is 0. The lowest BCUT2D eigenvalue weighted by molar-refractivity contribution is -0.129. The molecular formula is C15H25N3O2. The van der Waals surface area contributed by atoms with Crippen LogP contribution in [0.5, 0.6) is 0 Å². The van der Waals surface area contributed by atoms with Gasteiger partial charge in [0.1, 0.15) is 0 Å². The van der Waals surface area contributed by atoms with E-state index in [0.717, 1.165) is 12.8 Å². The molecule has 20 heavy (non-hydrogen) atoms. The summed E-state index contributed by atoms with van der Waals surface area (Å²) in [7, 11) is 1.77. The Bertz CT molecular complexity index is 398. The monoisotopic (exact) mass is 279 g/mol. The Morgan fingerprint density at radius 3 is 2.50 bits per heavy atom. The van der Waals surface area contributed by atoms with Gasteiger partial charge in [-0.05, 0) is 37.5 Å². The van der Waals surface area contributed by atoms with Gasteiger partial charge in [-0.3, -0.25) is 9.59 Å². The molecule has 2 saturated carbocycles. The van der Waals surface area contributed by atoms with Gasteiger partial charge < -0.3 is 16.0 Å². The number of carbonyl (C=O) groups is 2. The average molecular weight is 279 g/mol. The van der Waals surface area contributed by atoms with Gasteiger partial charge >= 0.3 is 0 Å². The van der Waals surface area contributed by atoms with Gasteiger partial charge in [0.05, 0.1) is 5.92 Å². The summed E-state index contributed by atoms with van der Waals surface area (Å²) in [5.74, 6) is 1.06. The second-order valence-electron chi connectivity index (χ2n) is 6.89. The van der Waals surface area contributed by atoms with Crippen LogP contribution in [0.15, 0.2) is 0 Å². The first-order chi connectivity index (χ1) is 9.54. The van der Waals surface area contributed by atoms with E-state index in [1.165, 1.54) is 19.3 Å². The van der Waals surface area contributed by atoms with Crippen molar-refractivity contribution in [2.75, 3.05) is 13.6 Å². The number of nitrogens with zero attached hydrogens (tertiary/aromatic N) is 1. The minimum atomic E-state index is -0.163. The average Bonchev–Trinajstić information content (AvgIpc) is 2.71. The van der Waals surface area contributed by atoms with E-state index < -0.39 is 0 Å². The zero-order valence-corrected chi connectivity index (χ0v) is 12.2. The van der Waals surface area contributed by atoms with Crippen LogP contribution in [0.3, 0.4) is 0 Å². The molecular weight excluding hydrogens is 254 g/mol. The summed E-state index contributed by atoms with van der Waals surface area (Å²) in [6.07, 6.45) is 6.05. The third-order valence-electron chi connectivity index (χ3n) is 5.40. The van der Waals surface area contributed by atoms with Crippen molar-refractivity contribution in [2.45, 2.75) is 50.6 Å². The van der Waals surface area contributed by atoms with Crippen molar-refractivity contribution in [1.29, 1.82) is 0 Å². The number of nitrogens with two attached hydrogens (primary N) is 1. The maximum atomic E-state index is 12.4. The Hall–Kier alpha value is -1.10. The van der Waals surface area contributed by atoms with E-state index in [4.69, 9.17) is 5.73 Å². The number of amides is 2. The van der Waals surface area contributed by atoms with Crippen molar-refractivity contribution in [3.8, 4) is 0 Å². The van der Waals surface area contributed by atoms with Gasteiger partial charge in [0.15, 0.2) is 0 Å². The highest BCUT2D eigenvalue weighted by Gasteiger charge is 2.41. The third kappa shape index (κ3) is 2.55. The fourth-order valence-electron chi connectivity index (χ4n) is 4.35. The number of rotatable bonds is 2. The predicted octanol–water partition coefficient (Wildman–Crippen LogP) is 0.487. The molecule has 0 aromatic heterocycles. The molecule has 2 bridgehead atoms. The van der Waals surface area contributed by atoms with Crippen LogP contribution in [0, 0.1) is 17.8 Å². The fraction of sp³-hybridized carbons (Fsp3) is 0.867. The molecule has 3 aliphatic rings. The van der Waals surface area contributed by atoms with Crippen molar-refractivity contribution in [1.82, 2.24) is 10.2 Å². The first-order valence-electron chi connectivity index (χ1n) is 7.84. The zero-order valence-electron chi connectivity index (χ0n) is 12.2. The van der Waals surface area contributed by atoms with Crippen molar-refractivity contribution < 1.29 is 9.59 Å². The van der Waals surface area contributed by atoms with Crippen LogP contribution in [0.1, 0.15) is 38.5 Å². The molecule has 3 unspecified atom stereocenters. The lowest BCUT2D eigenvalue weighted by atomic mass is 9.67. The van der Waals surface area contributed by atoms with Crippen molar-refractivity contribution in [3.63, 3.8) is 0 Å². The van der Waals surface area contributed by atoms with Crippen LogP contribution in [-0.2, 0) is 9.59 Å². The van der Waals surface area contributed by atoms with Gasteiger partial charge in [-0.15, -0.1) is 0 Å². The molecule has 2 amide bonds. The van der Waals surface area contributed by atoms with Crippen molar-refractivity contribution in [2.24, 2.45) is 23.5 Å². The molecule has 3 N–H and O–H groups in total. The Balaban J connectivity index is 1.62. The molecule has 5 heteroatoms. The molecule has 3 fully saturated rings. The van der Waals surface area contributed by atoms with Crippen LogP contribution in [-0.4, -0.2) is 42.4 Å². The van der Waals surface area contributed by atoms with Crippen LogP contribution in [0.4, 0.5) is 0 Å². The van der Waals surface area contributed by atoms with Crippen LogP contribution >= 0.6 is 0 Å². The molecule has 0 aromatic rings. The smallest absolute Gasteiger partial charge is 0.225 e. The van der Waals surface area contributed by atoms with Crippen molar-refractivity contribution in [3.05, 3.63) is 0 Å². The van der Waals surface area contributed by atoms with Gasteiger partial charge in [0, 0.05) is 32.1 Å². The van der Waals surface area contributed by atoms with Gasteiger partial charge in [-0.2, -0.15) is 0 Å². The molecule has 3 atom stereocenters. The molecule has 1 aliphatic heterocycles. The van der Waals surface area contributed by atoms with Crippen LogP contribution in [0.2, 0.25) is 0 Å². The highest BCUT2D eigenvalue weighted by atomic mass is 16.2. The molecule has 1 heterocycles. The summed E-state index contributed by atoms with van der Waals surface area (Å²) in [5.41, 5.74) is 6.11. The summed E-state index contributed by atoms with van der Waals surface area (Å²) in [6, 6.07) is 0.592. The number of hydrogen-bond donors (Lipinski definition) is 2. The molecule has 1 saturated heterocycles. The third-order valence-corrected chi connectivity index (χ3v) is 5.40. The maximum absolute atomic E-state index is 12.4. The fourth-order valence-corrected chi connectivity index (χ4v) is 4.35. The Morgan fingerprint density at radius 2 is 1.95 bits per heavy atom. The lowest BCUT2D eigenvalue weighted by Gasteiger charge is -2.45. The number of hydrogen-bond acceptors (Lipinski definition) is 3. The van der Waals surface area contributed by atoms with Gasteiger partial charge in [0.2, 0.25) is 11.8 Å². The number of fused-ring (bicyclic) bond motifs is 2. The largest absolute Gasteiger partial charge is 0.353 e. The Morgan fingerprint density at radius 1 is 1.30 bits per heavy atom. The summed E-state index contributed by atoms with van der Waals surface area (Å²) < 4.78 is 0. The van der Waals surface area contributed by atoms with E-state index in [1.54, 1.807) is 11.9 Å². The standard InChI is InChI=1S/C15H25N3O2/c1-18-8-11(7-13(18)19)15(20)17-14-9-3-2-4-10(14)6-12(16)5-9/h9-12,14H,2-8,16H2,1H3,(H,17,20). The molecule has 0 aromatic carbocycles. The SMILES string of the molecule is CN1CC(C(=O)NC2C3CCCC2CC(N)C3)CC1=O. The Kier molecular flexibility index (Phi) is 3.71. The first kappa shape index (κ1) is 13.9. The number of likely N-dealkylation sites (tertiary alicyclic amines) is 1. The van der Waals surface area contributed by atoms with E-state index in [-0.39, 0.29) is 23.8 Å². The van der Waals surface area contributed by atoms with E-state index in [1.807, 2.05) is 0 Å². The van der Waals surface area contributed by atoms with Gasteiger partial charge in [-0.1, -0.05) is 6.42 Å². The van der Waals surface area contributed by atoms with E-state index in [0.29, 0.717) is 30.8 Å². The predicted molar refractivity (Wildman–Crippen MR) is 75.7 cm³/mol. The van der Waals surface area contributed by atoms with E-state index in [2.05, 4.69) is 5.32 Å². The Labute approximate surface area is 120 Å². The maximum Gasteiger partial charge on any atom is 0.225 e. The second kappa shape index (κ2) is 5.35. The molecule has 3 rings (SSSR count). The molecule has 0 radical (unpaired) electrons.